The van der Waals surface area contributed by atoms with Crippen LogP contribution in [0.2, 0.25) is 0 Å². The van der Waals surface area contributed by atoms with Gasteiger partial charge >= 0.3 is 0 Å². The number of nitrogens with two attached hydrogens (primary N) is 1. The van der Waals surface area contributed by atoms with Crippen LogP contribution in [0.1, 0.15) is 64.5 Å². The molecule has 1 saturated heterocycles. The number of aliphatic hydroxyl groups excluding tert-OH is 2. The van der Waals surface area contributed by atoms with E-state index >= 15 is 0 Å². The molecular weight excluding hydrogens is 490 g/mol. The lowest BCUT2D eigenvalue weighted by Gasteiger charge is -2.47. The van der Waals surface area contributed by atoms with Crippen LogP contribution in [0.4, 0.5) is 5.69 Å². The van der Waals surface area contributed by atoms with E-state index in [9.17, 15) is 34.8 Å². The number of piperidine rings is 1. The minimum absolute atomic E-state index is 0.0307. The van der Waals surface area contributed by atoms with Crippen molar-refractivity contribution in [1.82, 2.24) is 5.32 Å². The molecule has 1 aliphatic heterocycles. The summed E-state index contributed by atoms with van der Waals surface area (Å²) in [6.45, 7) is 8.46. The molecular formula is C28H35N3O7. The molecule has 0 spiro atoms. The van der Waals surface area contributed by atoms with E-state index in [1.54, 1.807) is 12.1 Å². The van der Waals surface area contributed by atoms with Crippen molar-refractivity contribution in [2.45, 2.75) is 82.5 Å². The summed E-state index contributed by atoms with van der Waals surface area (Å²) in [5.74, 6) is -6.25. The van der Waals surface area contributed by atoms with Gasteiger partial charge in [-0.25, -0.2) is 0 Å². The molecule has 0 aromatic heterocycles. The van der Waals surface area contributed by atoms with Gasteiger partial charge in [0.15, 0.2) is 11.4 Å². The molecule has 8 N–H and O–H groups in total. The van der Waals surface area contributed by atoms with Crippen LogP contribution in [0.3, 0.4) is 0 Å². The van der Waals surface area contributed by atoms with Crippen molar-refractivity contribution in [3.8, 4) is 5.75 Å². The Bertz CT molecular complexity index is 1330. The molecule has 4 aliphatic rings. The lowest BCUT2D eigenvalue weighted by molar-refractivity contribution is -0.147. The van der Waals surface area contributed by atoms with Crippen molar-refractivity contribution in [3.05, 3.63) is 40.2 Å². The zero-order valence-electron chi connectivity index (χ0n) is 22.0. The minimum Gasteiger partial charge on any atom is -0.508 e. The number of carbonyl (C=O) groups is 3. The number of fused-ring (bicyclic) bond motifs is 3. The number of amides is 1. The first-order valence-corrected chi connectivity index (χ1v) is 12.9. The molecule has 204 valence electrons. The first-order valence-electron chi connectivity index (χ1n) is 12.9. The van der Waals surface area contributed by atoms with Gasteiger partial charge < -0.3 is 36.8 Å². The molecule has 1 aromatic carbocycles. The third-order valence-corrected chi connectivity index (χ3v) is 8.49. The number of hydrogen-bond acceptors (Lipinski definition) is 9. The maximum absolute atomic E-state index is 13.6. The summed E-state index contributed by atoms with van der Waals surface area (Å²) in [5.41, 5.74) is 2.59. The number of phenolic OH excluding ortho intramolecular Hbond substituents is 1. The molecule has 3 unspecified atom stereocenters. The van der Waals surface area contributed by atoms with Crippen molar-refractivity contribution in [2.24, 2.45) is 17.6 Å². The number of benzene rings is 1. The molecule has 1 aromatic rings. The SMILES string of the molecule is CC1(C)CC(Nc2ccc3c(c2O)C(O)=C2C(=O)C4(O)C(O)=C(C(N)=O)C(=O)CC4CC2C3)CC(C)(C)N1. The number of rotatable bonds is 3. The predicted molar refractivity (Wildman–Crippen MR) is 139 cm³/mol. The summed E-state index contributed by atoms with van der Waals surface area (Å²) in [6.07, 6.45) is 1.65. The largest absolute Gasteiger partial charge is 0.508 e. The van der Waals surface area contributed by atoms with Crippen LogP contribution in [0.15, 0.2) is 29.0 Å². The van der Waals surface area contributed by atoms with Gasteiger partial charge in [0.1, 0.15) is 22.8 Å². The Labute approximate surface area is 220 Å². The summed E-state index contributed by atoms with van der Waals surface area (Å²) >= 11 is 0. The number of Topliss-reactive ketones (excluding diaryl/α,β-unsaturated/α-hetero) is 2. The number of aliphatic hydroxyl groups is 3. The molecule has 0 radical (unpaired) electrons. The first-order chi connectivity index (χ1) is 17.6. The topological polar surface area (TPSA) is 182 Å². The summed E-state index contributed by atoms with van der Waals surface area (Å²) < 4.78 is 0. The van der Waals surface area contributed by atoms with Crippen LogP contribution in [-0.4, -0.2) is 60.6 Å². The van der Waals surface area contributed by atoms with Gasteiger partial charge in [-0.1, -0.05) is 6.07 Å². The van der Waals surface area contributed by atoms with E-state index in [2.05, 4.69) is 38.3 Å². The van der Waals surface area contributed by atoms with Gasteiger partial charge in [0.2, 0.25) is 5.78 Å². The Balaban J connectivity index is 1.55. The Hall–Kier alpha value is -3.37. The van der Waals surface area contributed by atoms with Crippen LogP contribution >= 0.6 is 0 Å². The maximum Gasteiger partial charge on any atom is 0.255 e. The summed E-state index contributed by atoms with van der Waals surface area (Å²) in [5, 5.41) is 51.6. The van der Waals surface area contributed by atoms with Gasteiger partial charge in [0, 0.05) is 35.0 Å². The maximum atomic E-state index is 13.6. The highest BCUT2D eigenvalue weighted by molar-refractivity contribution is 6.22. The van der Waals surface area contributed by atoms with E-state index in [-0.39, 0.29) is 53.3 Å². The second-order valence-corrected chi connectivity index (χ2v) is 12.5. The fraction of sp³-hybridized carbons (Fsp3) is 0.536. The standard InChI is InChI=1S/C28H35N3O7/c1-26(2)10-15(11-27(3,4)31-26)30-16-6-5-12-7-13-8-14-9-17(32)20(25(29)37)24(36)28(14,38)23(35)19(13)22(34)18(12)21(16)33/h5-6,13-15,30-31,33-34,36,38H,7-11H2,1-4H3,(H2,29,37). The van der Waals surface area contributed by atoms with Gasteiger partial charge in [-0.15, -0.1) is 0 Å². The molecule has 1 amide bonds. The number of carbonyl (C=O) groups excluding carboxylic acids is 3. The average Bonchev–Trinajstić information content (AvgIpc) is 2.75. The Morgan fingerprint density at radius 3 is 2.29 bits per heavy atom. The van der Waals surface area contributed by atoms with E-state index in [1.807, 2.05) is 0 Å². The number of primary amides is 1. The zero-order valence-corrected chi connectivity index (χ0v) is 22.0. The minimum atomic E-state index is -2.56. The highest BCUT2D eigenvalue weighted by atomic mass is 16.3. The van der Waals surface area contributed by atoms with E-state index in [4.69, 9.17) is 5.73 Å². The normalized spacial score (nSPS) is 30.4. The molecule has 1 saturated carbocycles. The summed E-state index contributed by atoms with van der Waals surface area (Å²) in [6, 6.07) is 3.58. The smallest absolute Gasteiger partial charge is 0.255 e. The number of anilines is 1. The number of ketones is 2. The average molecular weight is 526 g/mol. The van der Waals surface area contributed by atoms with Crippen LogP contribution in [0, 0.1) is 11.8 Å². The monoisotopic (exact) mass is 525 g/mol. The fourth-order valence-electron chi connectivity index (χ4n) is 7.36. The van der Waals surface area contributed by atoms with E-state index in [0.29, 0.717) is 11.3 Å². The van der Waals surface area contributed by atoms with Crippen molar-refractivity contribution in [1.29, 1.82) is 0 Å². The van der Waals surface area contributed by atoms with Crippen molar-refractivity contribution in [2.75, 3.05) is 5.32 Å². The molecule has 5 rings (SSSR count). The molecule has 38 heavy (non-hydrogen) atoms. The number of aromatic hydroxyl groups is 1. The Morgan fingerprint density at radius 2 is 1.68 bits per heavy atom. The highest BCUT2D eigenvalue weighted by Crippen LogP contribution is 2.52. The lowest BCUT2D eigenvalue weighted by atomic mass is 9.59. The Kier molecular flexibility index (Phi) is 5.74. The quantitative estimate of drug-likeness (QED) is 0.230. The van der Waals surface area contributed by atoms with Crippen molar-refractivity contribution < 1.29 is 34.8 Å². The van der Waals surface area contributed by atoms with Gasteiger partial charge in [0.25, 0.3) is 5.91 Å². The summed E-state index contributed by atoms with van der Waals surface area (Å²) in [7, 11) is 0. The molecule has 3 aliphatic carbocycles. The molecule has 2 fully saturated rings. The third-order valence-electron chi connectivity index (χ3n) is 8.49. The molecule has 0 bridgehead atoms. The predicted octanol–water partition coefficient (Wildman–Crippen LogP) is 2.14. The zero-order chi connectivity index (χ0) is 27.9. The van der Waals surface area contributed by atoms with Crippen molar-refractivity contribution >= 4 is 28.9 Å². The number of nitrogens with one attached hydrogen (secondary N) is 2. The highest BCUT2D eigenvalue weighted by Gasteiger charge is 2.60. The van der Waals surface area contributed by atoms with Crippen LogP contribution < -0.4 is 16.4 Å². The molecule has 1 heterocycles. The molecule has 10 heteroatoms. The number of phenols is 1. The molecule has 3 atom stereocenters. The Morgan fingerprint density at radius 1 is 1.05 bits per heavy atom. The fourth-order valence-corrected chi connectivity index (χ4v) is 7.36. The van der Waals surface area contributed by atoms with E-state index in [0.717, 1.165) is 12.8 Å². The molecule has 10 nitrogen and oxygen atoms in total. The van der Waals surface area contributed by atoms with Crippen molar-refractivity contribution in [3.63, 3.8) is 0 Å². The third kappa shape index (κ3) is 3.89. The van der Waals surface area contributed by atoms with Gasteiger partial charge in [0.05, 0.1) is 11.3 Å². The van der Waals surface area contributed by atoms with Crippen LogP contribution in [-0.2, 0) is 20.8 Å². The van der Waals surface area contributed by atoms with Gasteiger partial charge in [-0.2, -0.15) is 0 Å². The van der Waals surface area contributed by atoms with Crippen LogP contribution in [0.5, 0.6) is 5.75 Å². The number of hydrogen-bond donors (Lipinski definition) is 7. The van der Waals surface area contributed by atoms with Crippen LogP contribution in [0.25, 0.3) is 5.76 Å². The first kappa shape index (κ1) is 26.2. The van der Waals surface area contributed by atoms with Gasteiger partial charge in [-0.05, 0) is 70.9 Å². The second kappa shape index (κ2) is 8.31. The summed E-state index contributed by atoms with van der Waals surface area (Å²) in [4.78, 5) is 37.9. The van der Waals surface area contributed by atoms with Gasteiger partial charge in [-0.3, -0.25) is 14.4 Å². The van der Waals surface area contributed by atoms with E-state index in [1.165, 1.54) is 0 Å². The lowest BCUT2D eigenvalue weighted by Crippen LogP contribution is -2.60. The van der Waals surface area contributed by atoms with E-state index < -0.39 is 52.0 Å². The second-order valence-electron chi connectivity index (χ2n) is 12.5.